The Bertz CT molecular complexity index is 793. The number of hydrogen-bond donors (Lipinski definition) is 0. The van der Waals surface area contributed by atoms with E-state index in [0.29, 0.717) is 24.3 Å². The van der Waals surface area contributed by atoms with E-state index in [0.717, 1.165) is 19.4 Å². The van der Waals surface area contributed by atoms with Crippen molar-refractivity contribution in [2.75, 3.05) is 13.2 Å². The first-order valence-electron chi connectivity index (χ1n) is 7.11. The minimum absolute atomic E-state index is 0.0475. The number of nitrogens with zero attached hydrogens (tertiary/aromatic N) is 4. The van der Waals surface area contributed by atoms with E-state index in [1.165, 1.54) is 9.13 Å². The zero-order chi connectivity index (χ0) is 15.2. The van der Waals surface area contributed by atoms with Gasteiger partial charge in [-0.2, -0.15) is 0 Å². The SMILES string of the molecule is Cn1cnc2c1c(=O)n(CCC1(C)CCOC1)c(=O)n2C. The summed E-state index contributed by atoms with van der Waals surface area (Å²) >= 11 is 0. The molecule has 0 bridgehead atoms. The van der Waals surface area contributed by atoms with Crippen molar-refractivity contribution in [1.82, 2.24) is 18.7 Å². The predicted molar refractivity (Wildman–Crippen MR) is 78.4 cm³/mol. The monoisotopic (exact) mass is 292 g/mol. The van der Waals surface area contributed by atoms with Crippen LogP contribution < -0.4 is 11.2 Å². The molecule has 0 aromatic carbocycles. The van der Waals surface area contributed by atoms with Gasteiger partial charge < -0.3 is 9.30 Å². The zero-order valence-corrected chi connectivity index (χ0v) is 12.6. The summed E-state index contributed by atoms with van der Waals surface area (Å²) in [5.41, 5.74) is 0.361. The lowest BCUT2D eigenvalue weighted by Crippen LogP contribution is -2.40. The molecular formula is C14H20N4O3. The minimum Gasteiger partial charge on any atom is -0.381 e. The van der Waals surface area contributed by atoms with E-state index in [-0.39, 0.29) is 16.7 Å². The van der Waals surface area contributed by atoms with Gasteiger partial charge in [-0.1, -0.05) is 6.92 Å². The van der Waals surface area contributed by atoms with Crippen LogP contribution in [0.4, 0.5) is 0 Å². The van der Waals surface area contributed by atoms with Gasteiger partial charge in [0.05, 0.1) is 12.9 Å². The lowest BCUT2D eigenvalue weighted by Gasteiger charge is -2.21. The van der Waals surface area contributed by atoms with Crippen LogP contribution in [0.3, 0.4) is 0 Å². The molecule has 1 aliphatic heterocycles. The highest BCUT2D eigenvalue weighted by Crippen LogP contribution is 2.31. The Morgan fingerprint density at radius 2 is 2.14 bits per heavy atom. The maximum atomic E-state index is 12.6. The van der Waals surface area contributed by atoms with E-state index in [1.807, 2.05) is 0 Å². The van der Waals surface area contributed by atoms with Crippen LogP contribution in [0.25, 0.3) is 11.2 Å². The molecule has 1 fully saturated rings. The van der Waals surface area contributed by atoms with E-state index in [4.69, 9.17) is 4.74 Å². The van der Waals surface area contributed by atoms with Gasteiger partial charge in [0.2, 0.25) is 0 Å². The molecule has 21 heavy (non-hydrogen) atoms. The fourth-order valence-corrected chi connectivity index (χ4v) is 2.88. The molecule has 3 rings (SSSR count). The molecule has 0 radical (unpaired) electrons. The summed E-state index contributed by atoms with van der Waals surface area (Å²) in [6.07, 6.45) is 3.28. The second-order valence-electron chi connectivity index (χ2n) is 6.19. The summed E-state index contributed by atoms with van der Waals surface area (Å²) in [6.45, 7) is 3.99. The molecular weight excluding hydrogens is 272 g/mol. The molecule has 0 N–H and O–H groups in total. The first kappa shape index (κ1) is 14.1. The van der Waals surface area contributed by atoms with E-state index >= 15 is 0 Å². The van der Waals surface area contributed by atoms with Crippen molar-refractivity contribution in [3.63, 3.8) is 0 Å². The molecule has 114 valence electrons. The molecule has 0 saturated carbocycles. The van der Waals surface area contributed by atoms with Crippen LogP contribution in [0.15, 0.2) is 15.9 Å². The average Bonchev–Trinajstić information content (AvgIpc) is 3.03. The van der Waals surface area contributed by atoms with Crippen LogP contribution in [-0.4, -0.2) is 31.9 Å². The molecule has 2 aromatic rings. The lowest BCUT2D eigenvalue weighted by molar-refractivity contribution is 0.151. The maximum Gasteiger partial charge on any atom is 0.332 e. The van der Waals surface area contributed by atoms with Gasteiger partial charge in [0.25, 0.3) is 5.56 Å². The number of fused-ring (bicyclic) bond motifs is 1. The van der Waals surface area contributed by atoms with Crippen LogP contribution in [0.2, 0.25) is 0 Å². The van der Waals surface area contributed by atoms with E-state index in [1.54, 1.807) is 25.0 Å². The van der Waals surface area contributed by atoms with E-state index in [2.05, 4.69) is 11.9 Å². The van der Waals surface area contributed by atoms with Crippen LogP contribution in [0, 0.1) is 5.41 Å². The molecule has 0 amide bonds. The van der Waals surface area contributed by atoms with Crippen molar-refractivity contribution >= 4 is 11.2 Å². The number of ether oxygens (including phenoxy) is 1. The highest BCUT2D eigenvalue weighted by molar-refractivity contribution is 5.69. The van der Waals surface area contributed by atoms with E-state index in [9.17, 15) is 9.59 Å². The van der Waals surface area contributed by atoms with Crippen molar-refractivity contribution in [1.29, 1.82) is 0 Å². The molecule has 0 spiro atoms. The van der Waals surface area contributed by atoms with Crippen molar-refractivity contribution in [3.8, 4) is 0 Å². The summed E-state index contributed by atoms with van der Waals surface area (Å²) in [7, 11) is 3.41. The first-order valence-corrected chi connectivity index (χ1v) is 7.11. The molecule has 0 aliphatic carbocycles. The second kappa shape index (κ2) is 4.84. The van der Waals surface area contributed by atoms with Crippen molar-refractivity contribution < 1.29 is 4.74 Å². The van der Waals surface area contributed by atoms with Crippen molar-refractivity contribution in [2.45, 2.75) is 26.3 Å². The first-order chi connectivity index (χ1) is 9.93. The Morgan fingerprint density at radius 3 is 2.81 bits per heavy atom. The van der Waals surface area contributed by atoms with E-state index < -0.39 is 0 Å². The zero-order valence-electron chi connectivity index (χ0n) is 12.6. The Labute approximate surface area is 121 Å². The summed E-state index contributed by atoms with van der Waals surface area (Å²) < 4.78 is 9.83. The van der Waals surface area contributed by atoms with Crippen LogP contribution in [0.1, 0.15) is 19.8 Å². The number of aromatic nitrogens is 4. The molecule has 1 saturated heterocycles. The number of hydrogen-bond acceptors (Lipinski definition) is 4. The highest BCUT2D eigenvalue weighted by Gasteiger charge is 2.30. The third-order valence-corrected chi connectivity index (χ3v) is 4.44. The Kier molecular flexibility index (Phi) is 3.24. The third kappa shape index (κ3) is 2.21. The van der Waals surface area contributed by atoms with Crippen molar-refractivity contribution in [2.24, 2.45) is 19.5 Å². The number of rotatable bonds is 3. The van der Waals surface area contributed by atoms with Gasteiger partial charge in [-0.05, 0) is 18.3 Å². The molecule has 3 heterocycles. The third-order valence-electron chi connectivity index (χ3n) is 4.44. The maximum absolute atomic E-state index is 12.6. The number of aryl methyl sites for hydroxylation is 2. The second-order valence-corrected chi connectivity index (χ2v) is 6.19. The largest absolute Gasteiger partial charge is 0.381 e. The minimum atomic E-state index is -0.311. The van der Waals surface area contributed by atoms with Gasteiger partial charge in [0, 0.05) is 27.2 Å². The summed E-state index contributed by atoms with van der Waals surface area (Å²) in [4.78, 5) is 29.0. The fraction of sp³-hybridized carbons (Fsp3) is 0.643. The standard InChI is InChI=1S/C14H20N4O3/c1-14(5-7-21-8-14)4-6-18-12(19)10-11(15-9-16(10)2)17(3)13(18)20/h9H,4-8H2,1-3H3. The van der Waals surface area contributed by atoms with Crippen LogP contribution in [-0.2, 0) is 25.4 Å². The summed E-state index contributed by atoms with van der Waals surface area (Å²) in [6, 6.07) is 0. The molecule has 1 aliphatic rings. The molecule has 2 aromatic heterocycles. The molecule has 1 unspecified atom stereocenters. The summed E-state index contributed by atoms with van der Waals surface area (Å²) in [5.74, 6) is 0. The Morgan fingerprint density at radius 1 is 1.38 bits per heavy atom. The van der Waals surface area contributed by atoms with Gasteiger partial charge in [0.15, 0.2) is 11.2 Å². The topological polar surface area (TPSA) is 71.1 Å². The van der Waals surface area contributed by atoms with Gasteiger partial charge in [-0.25, -0.2) is 9.78 Å². The Hall–Kier alpha value is -1.89. The molecule has 7 nitrogen and oxygen atoms in total. The van der Waals surface area contributed by atoms with Crippen LogP contribution in [0.5, 0.6) is 0 Å². The quantitative estimate of drug-likeness (QED) is 0.813. The number of imidazole rings is 1. The van der Waals surface area contributed by atoms with Gasteiger partial charge in [-0.3, -0.25) is 13.9 Å². The molecule has 1 atom stereocenters. The fourth-order valence-electron chi connectivity index (χ4n) is 2.88. The summed E-state index contributed by atoms with van der Waals surface area (Å²) in [5, 5.41) is 0. The van der Waals surface area contributed by atoms with Gasteiger partial charge in [-0.15, -0.1) is 0 Å². The van der Waals surface area contributed by atoms with Crippen molar-refractivity contribution in [3.05, 3.63) is 27.2 Å². The predicted octanol–water partition coefficient (Wildman–Crippen LogP) is 0.250. The van der Waals surface area contributed by atoms with Gasteiger partial charge in [0.1, 0.15) is 0 Å². The van der Waals surface area contributed by atoms with Crippen LogP contribution >= 0.6 is 0 Å². The normalized spacial score (nSPS) is 22.2. The highest BCUT2D eigenvalue weighted by atomic mass is 16.5. The molecule has 7 heteroatoms. The smallest absolute Gasteiger partial charge is 0.332 e. The Balaban J connectivity index is 2.04. The van der Waals surface area contributed by atoms with Gasteiger partial charge >= 0.3 is 5.69 Å². The average molecular weight is 292 g/mol. The lowest BCUT2D eigenvalue weighted by atomic mass is 9.86.